The topological polar surface area (TPSA) is 77.8 Å². The van der Waals surface area contributed by atoms with Gasteiger partial charge in [-0.25, -0.2) is 14.0 Å². The number of fused-ring (bicyclic) bond motifs is 1. The van der Waals surface area contributed by atoms with E-state index in [1.165, 1.54) is 25.9 Å². The molecule has 2 aromatic rings. The number of hydrogen-bond acceptors (Lipinski definition) is 3. The lowest BCUT2D eigenvalue weighted by Gasteiger charge is -2.15. The molecule has 1 aliphatic rings. The zero-order valence-corrected chi connectivity index (χ0v) is 14.4. The van der Waals surface area contributed by atoms with E-state index in [4.69, 9.17) is 10.2 Å². The first-order valence-corrected chi connectivity index (χ1v) is 8.50. The van der Waals surface area contributed by atoms with Gasteiger partial charge in [-0.1, -0.05) is 30.3 Å². The van der Waals surface area contributed by atoms with Crippen molar-refractivity contribution in [3.05, 3.63) is 59.9 Å². The molecule has 0 spiro atoms. The Morgan fingerprint density at radius 2 is 1.62 bits per heavy atom. The lowest BCUT2D eigenvalue weighted by Crippen LogP contribution is -2.22. The van der Waals surface area contributed by atoms with Crippen LogP contribution in [0.1, 0.15) is 18.4 Å². The summed E-state index contributed by atoms with van der Waals surface area (Å²) < 4.78 is 14.0. The van der Waals surface area contributed by atoms with Crippen LogP contribution in [0.2, 0.25) is 0 Å². The van der Waals surface area contributed by atoms with Crippen molar-refractivity contribution in [2.75, 3.05) is 19.6 Å². The molecule has 26 heavy (non-hydrogen) atoms. The smallest absolute Gasteiger partial charge is 0.328 e. The Hall–Kier alpha value is -2.73. The number of benzene rings is 2. The van der Waals surface area contributed by atoms with Gasteiger partial charge in [-0.3, -0.25) is 0 Å². The Morgan fingerprint density at radius 1 is 1.00 bits per heavy atom. The number of carboxylic acids is 2. The Morgan fingerprint density at radius 3 is 2.23 bits per heavy atom. The molecule has 6 heteroatoms. The van der Waals surface area contributed by atoms with Crippen LogP contribution in [0.25, 0.3) is 10.8 Å². The number of likely N-dealkylation sites (tertiary alicyclic amines) is 1. The molecule has 5 nitrogen and oxygen atoms in total. The molecule has 1 heterocycles. The van der Waals surface area contributed by atoms with E-state index < -0.39 is 11.9 Å². The molecule has 3 rings (SSSR count). The third-order valence-corrected chi connectivity index (χ3v) is 4.23. The van der Waals surface area contributed by atoms with Crippen molar-refractivity contribution in [2.45, 2.75) is 19.3 Å². The monoisotopic (exact) mass is 359 g/mol. The molecule has 0 aromatic heterocycles. The van der Waals surface area contributed by atoms with Crippen LogP contribution in [-0.4, -0.2) is 46.7 Å². The van der Waals surface area contributed by atoms with Crippen LogP contribution in [0.4, 0.5) is 4.39 Å². The maximum Gasteiger partial charge on any atom is 0.328 e. The molecule has 0 bridgehead atoms. The summed E-state index contributed by atoms with van der Waals surface area (Å²) in [6.07, 6.45) is 4.51. The van der Waals surface area contributed by atoms with E-state index in [9.17, 15) is 14.0 Å². The molecule has 0 saturated carbocycles. The highest BCUT2D eigenvalue weighted by Gasteiger charge is 2.13. The number of carbonyl (C=O) groups is 2. The van der Waals surface area contributed by atoms with Crippen LogP contribution in [-0.2, 0) is 16.0 Å². The fourth-order valence-electron chi connectivity index (χ4n) is 2.98. The van der Waals surface area contributed by atoms with Gasteiger partial charge in [-0.05, 0) is 54.8 Å². The number of rotatable bonds is 5. The Labute approximate surface area is 151 Å². The quantitative estimate of drug-likeness (QED) is 0.801. The third kappa shape index (κ3) is 5.97. The number of nitrogens with zero attached hydrogens (tertiary/aromatic N) is 1. The van der Waals surface area contributed by atoms with Gasteiger partial charge in [-0.2, -0.15) is 0 Å². The van der Waals surface area contributed by atoms with Gasteiger partial charge in [0.2, 0.25) is 0 Å². The van der Waals surface area contributed by atoms with Gasteiger partial charge >= 0.3 is 11.9 Å². The Bertz CT molecular complexity index is 781. The van der Waals surface area contributed by atoms with Gasteiger partial charge in [0.25, 0.3) is 0 Å². The molecular formula is C20H22FNO4. The summed E-state index contributed by atoms with van der Waals surface area (Å²) in [5.41, 5.74) is 0.875. The van der Waals surface area contributed by atoms with Crippen LogP contribution >= 0.6 is 0 Å². The summed E-state index contributed by atoms with van der Waals surface area (Å²) >= 11 is 0. The Balaban J connectivity index is 0.000000260. The van der Waals surface area contributed by atoms with Gasteiger partial charge in [0.1, 0.15) is 5.82 Å². The average molecular weight is 359 g/mol. The molecule has 2 N–H and O–H groups in total. The van der Waals surface area contributed by atoms with Crippen LogP contribution in [0.3, 0.4) is 0 Å². The normalized spacial score (nSPS) is 14.3. The number of carboxylic acid groups (broad SMARTS) is 2. The summed E-state index contributed by atoms with van der Waals surface area (Å²) in [4.78, 5) is 21.5. The highest BCUT2D eigenvalue weighted by molar-refractivity contribution is 5.89. The lowest BCUT2D eigenvalue weighted by atomic mass is 10.0. The molecule has 1 saturated heterocycles. The fraction of sp³-hybridized carbons (Fsp3) is 0.300. The van der Waals surface area contributed by atoms with Gasteiger partial charge < -0.3 is 15.1 Å². The molecule has 1 fully saturated rings. The summed E-state index contributed by atoms with van der Waals surface area (Å²) in [6.45, 7) is 3.32. The highest BCUT2D eigenvalue weighted by atomic mass is 19.1. The second-order valence-corrected chi connectivity index (χ2v) is 6.06. The average Bonchev–Trinajstić information content (AvgIpc) is 3.13. The van der Waals surface area contributed by atoms with E-state index in [0.717, 1.165) is 29.3 Å². The van der Waals surface area contributed by atoms with Crippen molar-refractivity contribution in [3.8, 4) is 0 Å². The van der Waals surface area contributed by atoms with Crippen molar-refractivity contribution in [1.29, 1.82) is 0 Å². The summed E-state index contributed by atoms with van der Waals surface area (Å²) in [7, 11) is 0. The molecule has 2 aromatic carbocycles. The molecule has 1 aliphatic heterocycles. The van der Waals surface area contributed by atoms with E-state index in [-0.39, 0.29) is 5.82 Å². The first-order chi connectivity index (χ1) is 12.5. The van der Waals surface area contributed by atoms with E-state index in [2.05, 4.69) is 4.90 Å². The lowest BCUT2D eigenvalue weighted by molar-refractivity contribution is -0.134. The van der Waals surface area contributed by atoms with E-state index in [0.29, 0.717) is 12.2 Å². The molecule has 138 valence electrons. The minimum absolute atomic E-state index is 0.0621. The minimum Gasteiger partial charge on any atom is -0.478 e. The van der Waals surface area contributed by atoms with Crippen LogP contribution in [0.15, 0.2) is 48.6 Å². The van der Waals surface area contributed by atoms with Crippen molar-refractivity contribution in [3.63, 3.8) is 0 Å². The maximum atomic E-state index is 14.0. The van der Waals surface area contributed by atoms with Gasteiger partial charge in [0.15, 0.2) is 0 Å². The van der Waals surface area contributed by atoms with Crippen LogP contribution in [0.5, 0.6) is 0 Å². The second kappa shape index (κ2) is 9.68. The molecule has 0 unspecified atom stereocenters. The van der Waals surface area contributed by atoms with E-state index >= 15 is 0 Å². The predicted octanol–water partition coefficient (Wildman–Crippen LogP) is 3.33. The van der Waals surface area contributed by atoms with Crippen LogP contribution in [0, 0.1) is 5.82 Å². The zero-order valence-electron chi connectivity index (χ0n) is 14.4. The van der Waals surface area contributed by atoms with E-state index in [1.807, 2.05) is 30.3 Å². The second-order valence-electron chi connectivity index (χ2n) is 6.06. The maximum absolute atomic E-state index is 14.0. The number of halogens is 1. The molecule has 0 radical (unpaired) electrons. The SMILES string of the molecule is Fc1ccc2ccccc2c1CCN1CCCC1.O=C(O)/C=C/C(=O)O. The summed E-state index contributed by atoms with van der Waals surface area (Å²) in [5.74, 6) is -2.58. The highest BCUT2D eigenvalue weighted by Crippen LogP contribution is 2.22. The van der Waals surface area contributed by atoms with Gasteiger partial charge in [-0.15, -0.1) is 0 Å². The molecular weight excluding hydrogens is 337 g/mol. The molecule has 0 amide bonds. The summed E-state index contributed by atoms with van der Waals surface area (Å²) in [6, 6.07) is 11.5. The largest absolute Gasteiger partial charge is 0.478 e. The van der Waals surface area contributed by atoms with Gasteiger partial charge in [0, 0.05) is 18.7 Å². The molecule has 0 atom stereocenters. The zero-order chi connectivity index (χ0) is 18.9. The standard InChI is InChI=1S/C16H18FN.C4H4O4/c17-16-8-7-13-5-1-2-6-14(13)15(16)9-12-18-10-3-4-11-18;5-3(6)1-2-4(7)8/h1-2,5-8H,3-4,9-12H2;1-2H,(H,5,6)(H,7,8)/b;2-1+. The fourth-order valence-corrected chi connectivity index (χ4v) is 2.98. The van der Waals surface area contributed by atoms with Crippen molar-refractivity contribution < 1.29 is 24.2 Å². The minimum atomic E-state index is -1.26. The third-order valence-electron chi connectivity index (χ3n) is 4.23. The summed E-state index contributed by atoms with van der Waals surface area (Å²) in [5, 5.41) is 17.8. The number of aliphatic carboxylic acids is 2. The van der Waals surface area contributed by atoms with Crippen LogP contribution < -0.4 is 0 Å². The Kier molecular flexibility index (Phi) is 7.29. The first-order valence-electron chi connectivity index (χ1n) is 8.50. The van der Waals surface area contributed by atoms with Crippen molar-refractivity contribution in [2.24, 2.45) is 0 Å². The van der Waals surface area contributed by atoms with Crippen molar-refractivity contribution in [1.82, 2.24) is 4.90 Å². The number of hydrogen-bond donors (Lipinski definition) is 2. The first kappa shape index (κ1) is 19.6. The predicted molar refractivity (Wildman–Crippen MR) is 97.7 cm³/mol. The van der Waals surface area contributed by atoms with Crippen molar-refractivity contribution >= 4 is 22.7 Å². The van der Waals surface area contributed by atoms with Gasteiger partial charge in [0.05, 0.1) is 0 Å². The van der Waals surface area contributed by atoms with E-state index in [1.54, 1.807) is 6.07 Å². The molecule has 0 aliphatic carbocycles.